The van der Waals surface area contributed by atoms with Gasteiger partial charge < -0.3 is 15.6 Å². The summed E-state index contributed by atoms with van der Waals surface area (Å²) < 4.78 is 4.43. The Morgan fingerprint density at radius 1 is 1.50 bits per heavy atom. The molecule has 1 fully saturated rings. The van der Waals surface area contributed by atoms with Gasteiger partial charge >= 0.3 is 11.9 Å². The number of carboxylic acids is 1. The van der Waals surface area contributed by atoms with Crippen LogP contribution in [-0.4, -0.2) is 30.7 Å². The van der Waals surface area contributed by atoms with Gasteiger partial charge in [0.1, 0.15) is 0 Å². The standard InChI is InChI=1S/C7H11NO4/c1-12-7(11)5-3(2-8)4(5)6(9)10/h3-5H,2,8H2,1H3,(H,9,10)/t3-,4+,5+/m0/s1. The van der Waals surface area contributed by atoms with Gasteiger partial charge in [0.25, 0.3) is 0 Å². The fourth-order valence-electron chi connectivity index (χ4n) is 1.46. The number of hydrogen-bond donors (Lipinski definition) is 2. The van der Waals surface area contributed by atoms with Crippen molar-refractivity contribution in [3.05, 3.63) is 0 Å². The number of ether oxygens (including phenoxy) is 1. The molecule has 1 aliphatic carbocycles. The van der Waals surface area contributed by atoms with Crippen molar-refractivity contribution in [3.63, 3.8) is 0 Å². The van der Waals surface area contributed by atoms with Crippen molar-refractivity contribution in [2.45, 2.75) is 0 Å². The summed E-state index contributed by atoms with van der Waals surface area (Å²) in [5, 5.41) is 8.61. The smallest absolute Gasteiger partial charge is 0.309 e. The van der Waals surface area contributed by atoms with E-state index in [1.807, 2.05) is 0 Å². The van der Waals surface area contributed by atoms with Crippen LogP contribution in [0, 0.1) is 17.8 Å². The third kappa shape index (κ3) is 1.27. The molecule has 0 amide bonds. The third-order valence-electron chi connectivity index (χ3n) is 2.20. The molecule has 1 rings (SSSR count). The molecule has 0 aromatic rings. The molecule has 1 aliphatic rings. The quantitative estimate of drug-likeness (QED) is 0.538. The highest BCUT2D eigenvalue weighted by atomic mass is 16.5. The van der Waals surface area contributed by atoms with E-state index in [0.717, 1.165) is 0 Å². The predicted octanol–water partition coefficient (Wildman–Crippen LogP) is -0.935. The number of carboxylic acid groups (broad SMARTS) is 1. The molecule has 3 N–H and O–H groups in total. The molecule has 0 unspecified atom stereocenters. The first-order chi connectivity index (χ1) is 5.63. The average molecular weight is 173 g/mol. The van der Waals surface area contributed by atoms with Crippen molar-refractivity contribution in [3.8, 4) is 0 Å². The Bertz CT molecular complexity index is 215. The maximum Gasteiger partial charge on any atom is 0.309 e. The first-order valence-corrected chi connectivity index (χ1v) is 3.64. The molecule has 1 saturated carbocycles. The SMILES string of the molecule is COC(=O)[C@@H]1[C@@H](CN)[C@H]1C(=O)O. The van der Waals surface area contributed by atoms with Gasteiger partial charge in [0.15, 0.2) is 0 Å². The van der Waals surface area contributed by atoms with E-state index in [0.29, 0.717) is 0 Å². The van der Waals surface area contributed by atoms with Gasteiger partial charge in [-0.05, 0) is 12.5 Å². The van der Waals surface area contributed by atoms with Crippen LogP contribution in [0.25, 0.3) is 0 Å². The molecule has 3 atom stereocenters. The van der Waals surface area contributed by atoms with Gasteiger partial charge in [-0.15, -0.1) is 0 Å². The van der Waals surface area contributed by atoms with Crippen molar-refractivity contribution in [1.29, 1.82) is 0 Å². The van der Waals surface area contributed by atoms with Crippen molar-refractivity contribution >= 4 is 11.9 Å². The second kappa shape index (κ2) is 3.10. The summed E-state index contributed by atoms with van der Waals surface area (Å²) in [4.78, 5) is 21.4. The summed E-state index contributed by atoms with van der Waals surface area (Å²) in [5.74, 6) is -2.85. The number of aliphatic carboxylic acids is 1. The van der Waals surface area contributed by atoms with Crippen LogP contribution in [0.5, 0.6) is 0 Å². The lowest BCUT2D eigenvalue weighted by Gasteiger charge is -1.93. The highest BCUT2D eigenvalue weighted by molar-refractivity contribution is 5.87. The zero-order chi connectivity index (χ0) is 9.30. The molecule has 0 bridgehead atoms. The molecule has 0 heterocycles. The zero-order valence-electron chi connectivity index (χ0n) is 6.69. The summed E-state index contributed by atoms with van der Waals surface area (Å²) in [6.07, 6.45) is 0. The van der Waals surface area contributed by atoms with Gasteiger partial charge in [-0.1, -0.05) is 0 Å². The van der Waals surface area contributed by atoms with E-state index in [1.165, 1.54) is 7.11 Å². The van der Waals surface area contributed by atoms with Gasteiger partial charge in [0, 0.05) is 0 Å². The van der Waals surface area contributed by atoms with E-state index in [9.17, 15) is 9.59 Å². The van der Waals surface area contributed by atoms with Crippen LogP contribution in [0.4, 0.5) is 0 Å². The van der Waals surface area contributed by atoms with Gasteiger partial charge in [0.05, 0.1) is 18.9 Å². The molecule has 0 aromatic carbocycles. The van der Waals surface area contributed by atoms with Crippen molar-refractivity contribution in [2.24, 2.45) is 23.5 Å². The summed E-state index contributed by atoms with van der Waals surface area (Å²) in [6.45, 7) is 0.219. The van der Waals surface area contributed by atoms with E-state index in [2.05, 4.69) is 4.74 Å². The summed E-state index contributed by atoms with van der Waals surface area (Å²) in [7, 11) is 1.24. The highest BCUT2D eigenvalue weighted by Gasteiger charge is 2.59. The second-order valence-electron chi connectivity index (χ2n) is 2.81. The lowest BCUT2D eigenvalue weighted by atomic mass is 10.3. The van der Waals surface area contributed by atoms with E-state index in [4.69, 9.17) is 10.8 Å². The van der Waals surface area contributed by atoms with Gasteiger partial charge in [-0.2, -0.15) is 0 Å². The second-order valence-corrected chi connectivity index (χ2v) is 2.81. The molecule has 5 nitrogen and oxygen atoms in total. The Morgan fingerprint density at radius 3 is 2.33 bits per heavy atom. The minimum Gasteiger partial charge on any atom is -0.481 e. The molecule has 5 heteroatoms. The molecule has 0 saturated heterocycles. The fourth-order valence-corrected chi connectivity index (χ4v) is 1.46. The first-order valence-electron chi connectivity index (χ1n) is 3.64. The number of rotatable bonds is 3. The molecule has 68 valence electrons. The van der Waals surface area contributed by atoms with E-state index in [1.54, 1.807) is 0 Å². The normalized spacial score (nSPS) is 32.7. The highest BCUT2D eigenvalue weighted by Crippen LogP contribution is 2.46. The van der Waals surface area contributed by atoms with Gasteiger partial charge in [-0.25, -0.2) is 0 Å². The van der Waals surface area contributed by atoms with Crippen LogP contribution < -0.4 is 5.73 Å². The van der Waals surface area contributed by atoms with Crippen LogP contribution in [0.2, 0.25) is 0 Å². The predicted molar refractivity (Wildman–Crippen MR) is 39.2 cm³/mol. The topological polar surface area (TPSA) is 89.6 Å². The first kappa shape index (κ1) is 8.99. The minimum absolute atomic E-state index is 0.219. The molecule has 0 radical (unpaired) electrons. The molecule has 0 aliphatic heterocycles. The fraction of sp³-hybridized carbons (Fsp3) is 0.714. The molecule has 0 spiro atoms. The minimum atomic E-state index is -0.971. The van der Waals surface area contributed by atoms with E-state index >= 15 is 0 Å². The number of nitrogens with two attached hydrogens (primary N) is 1. The maximum absolute atomic E-state index is 10.9. The molecular weight excluding hydrogens is 162 g/mol. The number of methoxy groups -OCH3 is 1. The van der Waals surface area contributed by atoms with Gasteiger partial charge in [-0.3, -0.25) is 9.59 Å². The Balaban J connectivity index is 2.58. The van der Waals surface area contributed by atoms with Gasteiger partial charge in [0.2, 0.25) is 0 Å². The van der Waals surface area contributed by atoms with Crippen LogP contribution in [0.15, 0.2) is 0 Å². The lowest BCUT2D eigenvalue weighted by Crippen LogP contribution is -2.09. The Labute approximate surface area is 69.5 Å². The zero-order valence-corrected chi connectivity index (χ0v) is 6.69. The number of esters is 1. The largest absolute Gasteiger partial charge is 0.481 e. The Hall–Kier alpha value is -1.10. The lowest BCUT2D eigenvalue weighted by molar-refractivity contribution is -0.146. The number of carbonyl (C=O) groups is 2. The monoisotopic (exact) mass is 173 g/mol. The van der Waals surface area contributed by atoms with Crippen molar-refractivity contribution in [1.82, 2.24) is 0 Å². The number of carbonyl (C=O) groups excluding carboxylic acids is 1. The van der Waals surface area contributed by atoms with Crippen LogP contribution >= 0.6 is 0 Å². The molecule has 0 aromatic heterocycles. The Kier molecular flexibility index (Phi) is 2.32. The average Bonchev–Trinajstić information content (AvgIpc) is 2.76. The molecular formula is C7H11NO4. The summed E-state index contributed by atoms with van der Waals surface area (Å²) in [5.41, 5.74) is 5.27. The number of hydrogen-bond acceptors (Lipinski definition) is 4. The van der Waals surface area contributed by atoms with Crippen molar-refractivity contribution in [2.75, 3.05) is 13.7 Å². The van der Waals surface area contributed by atoms with Crippen LogP contribution in [0.1, 0.15) is 0 Å². The van der Waals surface area contributed by atoms with Crippen LogP contribution in [0.3, 0.4) is 0 Å². The summed E-state index contributed by atoms with van der Waals surface area (Å²) in [6, 6.07) is 0. The van der Waals surface area contributed by atoms with E-state index < -0.39 is 23.8 Å². The molecule has 12 heavy (non-hydrogen) atoms. The third-order valence-corrected chi connectivity index (χ3v) is 2.20. The van der Waals surface area contributed by atoms with Crippen molar-refractivity contribution < 1.29 is 19.4 Å². The Morgan fingerprint density at radius 2 is 2.08 bits per heavy atom. The summed E-state index contributed by atoms with van der Waals surface area (Å²) >= 11 is 0. The van der Waals surface area contributed by atoms with Crippen LogP contribution in [-0.2, 0) is 14.3 Å². The maximum atomic E-state index is 10.9. The van der Waals surface area contributed by atoms with E-state index in [-0.39, 0.29) is 12.5 Å².